The molecule has 1 aliphatic rings. The van der Waals surface area contributed by atoms with Gasteiger partial charge in [0.1, 0.15) is 5.75 Å². The van der Waals surface area contributed by atoms with Crippen molar-refractivity contribution in [2.75, 3.05) is 6.61 Å². The number of ether oxygens (including phenoxy) is 1. The first-order valence-corrected chi connectivity index (χ1v) is 11.5. The minimum atomic E-state index is -0.573. The zero-order valence-electron chi connectivity index (χ0n) is 20.2. The van der Waals surface area contributed by atoms with Crippen LogP contribution >= 0.6 is 0 Å². The average Bonchev–Trinajstić information content (AvgIpc) is 3.21. The normalized spacial score (nSPS) is 16.5. The third-order valence-electron chi connectivity index (χ3n) is 6.92. The number of hydrogen-bond donors (Lipinski definition) is 1. The van der Waals surface area contributed by atoms with Gasteiger partial charge in [0.25, 0.3) is 0 Å². The molecule has 5 nitrogen and oxygen atoms in total. The van der Waals surface area contributed by atoms with E-state index in [1.807, 2.05) is 13.8 Å². The number of phenols is 1. The SMILES string of the molecule is Cc1cc2nc3n4c(cn3c2cc1C)-c1cc(C(C)(C)C)c(O)c(c1)C(C)(C)OCCC4. The van der Waals surface area contributed by atoms with E-state index >= 15 is 0 Å². The van der Waals surface area contributed by atoms with Crippen LogP contribution in [0.2, 0.25) is 0 Å². The fourth-order valence-corrected chi connectivity index (χ4v) is 4.85. The van der Waals surface area contributed by atoms with Crippen molar-refractivity contribution in [1.29, 1.82) is 0 Å². The van der Waals surface area contributed by atoms with Gasteiger partial charge in [0.15, 0.2) is 0 Å². The number of nitrogens with zero attached hydrogens (tertiary/aromatic N) is 3. The summed E-state index contributed by atoms with van der Waals surface area (Å²) in [4.78, 5) is 5.01. The van der Waals surface area contributed by atoms with E-state index < -0.39 is 5.60 Å². The summed E-state index contributed by atoms with van der Waals surface area (Å²) in [5, 5.41) is 11.2. The molecular formula is C27H33N3O2. The standard InChI is InChI=1S/C27H33N3O2/c1-16-11-21-22(12-17(16)2)30-15-23-18-13-19(26(3,4)5)24(31)20(14-18)27(6,7)32-10-8-9-29(23)25(30)28-21/h11-15,31H,8-10H2,1-7H3. The quantitative estimate of drug-likeness (QED) is 0.359. The molecule has 1 aliphatic heterocycles. The smallest absolute Gasteiger partial charge is 0.215 e. The number of benzene rings is 2. The van der Waals surface area contributed by atoms with Gasteiger partial charge >= 0.3 is 0 Å². The predicted molar refractivity (Wildman–Crippen MR) is 130 cm³/mol. The first-order valence-electron chi connectivity index (χ1n) is 11.5. The van der Waals surface area contributed by atoms with Gasteiger partial charge in [-0.05, 0) is 74.9 Å². The van der Waals surface area contributed by atoms with Crippen LogP contribution in [-0.2, 0) is 22.3 Å². The fraction of sp³-hybridized carbons (Fsp3) is 0.444. The predicted octanol–water partition coefficient (Wildman–Crippen LogP) is 6.23. The lowest BCUT2D eigenvalue weighted by atomic mass is 9.81. The molecule has 5 heteroatoms. The van der Waals surface area contributed by atoms with E-state index in [0.29, 0.717) is 12.4 Å². The number of hydrogen-bond acceptors (Lipinski definition) is 3. The average molecular weight is 432 g/mol. The minimum Gasteiger partial charge on any atom is -0.507 e. The summed E-state index contributed by atoms with van der Waals surface area (Å²) in [6.45, 7) is 16.2. The number of imidazole rings is 2. The molecule has 0 amide bonds. The Morgan fingerprint density at radius 3 is 2.50 bits per heavy atom. The molecule has 32 heavy (non-hydrogen) atoms. The van der Waals surface area contributed by atoms with Gasteiger partial charge < -0.3 is 14.4 Å². The Labute approximate surface area is 189 Å². The topological polar surface area (TPSA) is 51.7 Å². The first kappa shape index (κ1) is 21.1. The molecule has 4 aromatic rings. The summed E-state index contributed by atoms with van der Waals surface area (Å²) < 4.78 is 10.8. The molecule has 0 spiro atoms. The van der Waals surface area contributed by atoms with Crippen LogP contribution in [0.5, 0.6) is 5.75 Å². The molecule has 0 fully saturated rings. The van der Waals surface area contributed by atoms with E-state index in [0.717, 1.165) is 52.2 Å². The van der Waals surface area contributed by atoms with Gasteiger partial charge in [-0.25, -0.2) is 4.98 Å². The van der Waals surface area contributed by atoms with Crippen molar-refractivity contribution in [1.82, 2.24) is 14.0 Å². The molecule has 2 bridgehead atoms. The molecule has 0 saturated heterocycles. The Bertz CT molecular complexity index is 1370. The third-order valence-corrected chi connectivity index (χ3v) is 6.92. The first-order chi connectivity index (χ1) is 15.0. The highest BCUT2D eigenvalue weighted by Gasteiger charge is 2.31. The van der Waals surface area contributed by atoms with Crippen LogP contribution < -0.4 is 0 Å². The van der Waals surface area contributed by atoms with E-state index in [-0.39, 0.29) is 5.41 Å². The molecule has 5 rings (SSSR count). The van der Waals surface area contributed by atoms with Crippen molar-refractivity contribution in [2.45, 2.75) is 72.4 Å². The zero-order chi connectivity index (χ0) is 23.0. The van der Waals surface area contributed by atoms with Crippen molar-refractivity contribution in [2.24, 2.45) is 0 Å². The number of rotatable bonds is 0. The maximum Gasteiger partial charge on any atom is 0.215 e. The summed E-state index contributed by atoms with van der Waals surface area (Å²) in [5.41, 5.74) is 7.88. The van der Waals surface area contributed by atoms with Crippen LogP contribution in [0.15, 0.2) is 30.5 Å². The Kier molecular flexibility index (Phi) is 4.51. The molecular weight excluding hydrogens is 398 g/mol. The highest BCUT2D eigenvalue weighted by molar-refractivity contribution is 5.83. The Morgan fingerprint density at radius 1 is 1.06 bits per heavy atom. The summed E-state index contributed by atoms with van der Waals surface area (Å²) >= 11 is 0. The van der Waals surface area contributed by atoms with Gasteiger partial charge in [0.05, 0.1) is 22.3 Å². The number of aromatic hydroxyl groups is 1. The van der Waals surface area contributed by atoms with Crippen LogP contribution in [0.3, 0.4) is 0 Å². The van der Waals surface area contributed by atoms with E-state index in [9.17, 15) is 5.11 Å². The lowest BCUT2D eigenvalue weighted by Gasteiger charge is -2.32. The van der Waals surface area contributed by atoms with Gasteiger partial charge in [-0.15, -0.1) is 0 Å². The molecule has 0 saturated carbocycles. The second kappa shape index (κ2) is 6.85. The van der Waals surface area contributed by atoms with Crippen LogP contribution in [0, 0.1) is 13.8 Å². The highest BCUT2D eigenvalue weighted by Crippen LogP contribution is 2.43. The number of fused-ring (bicyclic) bond motifs is 8. The van der Waals surface area contributed by atoms with Crippen molar-refractivity contribution < 1.29 is 9.84 Å². The maximum absolute atomic E-state index is 11.2. The zero-order valence-corrected chi connectivity index (χ0v) is 20.2. The molecule has 168 valence electrons. The second-order valence-electron chi connectivity index (χ2n) is 10.8. The van der Waals surface area contributed by atoms with E-state index in [1.165, 1.54) is 11.1 Å². The number of phenolic OH excluding ortho intramolecular Hbond substituents is 1. The minimum absolute atomic E-state index is 0.200. The summed E-state index contributed by atoms with van der Waals surface area (Å²) in [5.74, 6) is 1.29. The molecule has 2 aromatic carbocycles. The Balaban J connectivity index is 1.85. The lowest BCUT2D eigenvalue weighted by molar-refractivity contribution is -0.0255. The summed E-state index contributed by atoms with van der Waals surface area (Å²) in [6.07, 6.45) is 3.08. The molecule has 0 aliphatic carbocycles. The molecule has 0 radical (unpaired) electrons. The monoisotopic (exact) mass is 431 g/mol. The molecule has 0 unspecified atom stereocenters. The van der Waals surface area contributed by atoms with E-state index in [2.05, 4.69) is 74.0 Å². The fourth-order valence-electron chi connectivity index (χ4n) is 4.85. The highest BCUT2D eigenvalue weighted by atomic mass is 16.5. The van der Waals surface area contributed by atoms with Gasteiger partial charge in [-0.2, -0.15) is 0 Å². The van der Waals surface area contributed by atoms with Gasteiger partial charge in [0, 0.05) is 36.0 Å². The largest absolute Gasteiger partial charge is 0.507 e. The van der Waals surface area contributed by atoms with E-state index in [1.54, 1.807) is 0 Å². The number of aromatic nitrogens is 3. The van der Waals surface area contributed by atoms with Gasteiger partial charge in [-0.3, -0.25) is 4.40 Å². The van der Waals surface area contributed by atoms with Crippen molar-refractivity contribution in [3.63, 3.8) is 0 Å². The molecule has 1 N–H and O–H groups in total. The summed E-state index contributed by atoms with van der Waals surface area (Å²) in [6, 6.07) is 8.64. The van der Waals surface area contributed by atoms with Crippen LogP contribution in [0.25, 0.3) is 28.1 Å². The van der Waals surface area contributed by atoms with Gasteiger partial charge in [-0.1, -0.05) is 20.8 Å². The summed E-state index contributed by atoms with van der Waals surface area (Å²) in [7, 11) is 0. The maximum atomic E-state index is 11.2. The van der Waals surface area contributed by atoms with Crippen molar-refractivity contribution >= 4 is 16.8 Å². The molecule has 2 aromatic heterocycles. The van der Waals surface area contributed by atoms with Crippen LogP contribution in [0.4, 0.5) is 0 Å². The molecule has 3 heterocycles. The third kappa shape index (κ3) is 3.14. The Morgan fingerprint density at radius 2 is 1.78 bits per heavy atom. The van der Waals surface area contributed by atoms with Crippen LogP contribution in [-0.4, -0.2) is 25.7 Å². The number of aryl methyl sites for hydroxylation is 3. The van der Waals surface area contributed by atoms with Crippen molar-refractivity contribution in [3.8, 4) is 17.0 Å². The van der Waals surface area contributed by atoms with Crippen LogP contribution in [0.1, 0.15) is 63.3 Å². The van der Waals surface area contributed by atoms with E-state index in [4.69, 9.17) is 9.72 Å². The second-order valence-corrected chi connectivity index (χ2v) is 10.8. The van der Waals surface area contributed by atoms with Gasteiger partial charge in [0.2, 0.25) is 5.78 Å². The van der Waals surface area contributed by atoms with Crippen molar-refractivity contribution in [3.05, 3.63) is 52.7 Å². The Hall–Kier alpha value is -2.79. The molecule has 0 atom stereocenters. The lowest BCUT2D eigenvalue weighted by Crippen LogP contribution is -2.25.